The summed E-state index contributed by atoms with van der Waals surface area (Å²) in [5.74, 6) is 0.635. The van der Waals surface area contributed by atoms with Crippen LogP contribution in [0, 0.1) is 5.41 Å². The van der Waals surface area contributed by atoms with E-state index in [1.165, 1.54) is 0 Å². The minimum absolute atomic E-state index is 0.515. The second-order valence-corrected chi connectivity index (χ2v) is 8.12. The van der Waals surface area contributed by atoms with Crippen molar-refractivity contribution in [1.82, 2.24) is 14.0 Å². The quantitative estimate of drug-likeness (QED) is 0.397. The highest BCUT2D eigenvalue weighted by atomic mass is 35.5. The van der Waals surface area contributed by atoms with Crippen LogP contribution in [0.1, 0.15) is 26.7 Å². The number of imidazole rings is 1. The predicted octanol–water partition coefficient (Wildman–Crippen LogP) is 5.43. The number of hydrogen-bond donors (Lipinski definition) is 1. The molecule has 30 heavy (non-hydrogen) atoms. The van der Waals surface area contributed by atoms with E-state index in [1.807, 2.05) is 12.1 Å². The molecule has 3 aromatic rings. The number of hydrogen-bond acceptors (Lipinski definition) is 3. The summed E-state index contributed by atoms with van der Waals surface area (Å²) in [5.41, 5.74) is 2.75. The Hall–Kier alpha value is -1.95. The van der Waals surface area contributed by atoms with Gasteiger partial charge < -0.3 is 18.8 Å². The first-order valence-electron chi connectivity index (χ1n) is 10.6. The van der Waals surface area contributed by atoms with Gasteiger partial charge in [-0.1, -0.05) is 49.2 Å². The van der Waals surface area contributed by atoms with Crippen molar-refractivity contribution >= 4 is 34.2 Å². The SMILES string of the molecule is CCN(CC)CCCn1c(=N)n(CCCOc2ccc(Cl)cc2Cl)c2ccccc21. The van der Waals surface area contributed by atoms with Gasteiger partial charge >= 0.3 is 0 Å². The highest BCUT2D eigenvalue weighted by Crippen LogP contribution is 2.27. The van der Waals surface area contributed by atoms with Crippen LogP contribution in [-0.4, -0.2) is 40.3 Å². The molecule has 2 aromatic carbocycles. The zero-order valence-corrected chi connectivity index (χ0v) is 19.2. The largest absolute Gasteiger partial charge is 0.492 e. The Morgan fingerprint density at radius 2 is 1.57 bits per heavy atom. The first-order chi connectivity index (χ1) is 14.5. The Labute approximate surface area is 188 Å². The molecule has 0 spiro atoms. The van der Waals surface area contributed by atoms with E-state index in [2.05, 4.69) is 40.0 Å². The van der Waals surface area contributed by atoms with Gasteiger partial charge in [-0.25, -0.2) is 0 Å². The Morgan fingerprint density at radius 1 is 0.933 bits per heavy atom. The van der Waals surface area contributed by atoms with Gasteiger partial charge in [-0.15, -0.1) is 0 Å². The molecule has 7 heteroatoms. The Morgan fingerprint density at radius 3 is 2.17 bits per heavy atom. The third kappa shape index (κ3) is 5.39. The molecular formula is C23H30Cl2N4O. The van der Waals surface area contributed by atoms with Crippen LogP contribution >= 0.6 is 23.2 Å². The summed E-state index contributed by atoms with van der Waals surface area (Å²) in [7, 11) is 0. The second-order valence-electron chi connectivity index (χ2n) is 7.27. The number of halogens is 2. The molecule has 0 amide bonds. The molecule has 0 aliphatic carbocycles. The lowest BCUT2D eigenvalue weighted by atomic mass is 10.3. The van der Waals surface area contributed by atoms with E-state index in [4.69, 9.17) is 33.3 Å². The average molecular weight is 449 g/mol. The van der Waals surface area contributed by atoms with E-state index in [0.717, 1.165) is 50.1 Å². The minimum atomic E-state index is 0.515. The monoisotopic (exact) mass is 448 g/mol. The number of para-hydroxylation sites is 2. The van der Waals surface area contributed by atoms with E-state index in [9.17, 15) is 0 Å². The van der Waals surface area contributed by atoms with E-state index in [-0.39, 0.29) is 0 Å². The molecule has 1 N–H and O–H groups in total. The Bertz CT molecular complexity index is 1020. The van der Waals surface area contributed by atoms with Crippen molar-refractivity contribution < 1.29 is 4.74 Å². The van der Waals surface area contributed by atoms with Gasteiger partial charge in [-0.05, 0) is 62.8 Å². The maximum atomic E-state index is 8.74. The molecule has 0 atom stereocenters. The van der Waals surface area contributed by atoms with Gasteiger partial charge in [-0.2, -0.15) is 0 Å². The van der Waals surface area contributed by atoms with E-state index in [0.29, 0.717) is 34.6 Å². The summed E-state index contributed by atoms with van der Waals surface area (Å²) in [6, 6.07) is 13.5. The molecule has 1 heterocycles. The molecule has 0 bridgehead atoms. The fraction of sp³-hybridized carbons (Fsp3) is 0.435. The van der Waals surface area contributed by atoms with Gasteiger partial charge in [0.1, 0.15) is 5.75 Å². The van der Waals surface area contributed by atoms with E-state index >= 15 is 0 Å². The summed E-state index contributed by atoms with van der Waals surface area (Å²) >= 11 is 12.1. The number of ether oxygens (including phenoxy) is 1. The van der Waals surface area contributed by atoms with E-state index < -0.39 is 0 Å². The van der Waals surface area contributed by atoms with Gasteiger partial charge in [0, 0.05) is 18.1 Å². The zero-order chi connectivity index (χ0) is 21.5. The second kappa shape index (κ2) is 10.9. The lowest BCUT2D eigenvalue weighted by Crippen LogP contribution is -2.28. The van der Waals surface area contributed by atoms with Crippen molar-refractivity contribution in [2.45, 2.75) is 39.8 Å². The van der Waals surface area contributed by atoms with Crippen LogP contribution in [0.25, 0.3) is 11.0 Å². The first kappa shape index (κ1) is 22.7. The zero-order valence-electron chi connectivity index (χ0n) is 17.7. The molecule has 3 rings (SSSR count). The molecule has 5 nitrogen and oxygen atoms in total. The smallest absolute Gasteiger partial charge is 0.202 e. The van der Waals surface area contributed by atoms with Crippen LogP contribution in [0.3, 0.4) is 0 Å². The molecule has 0 saturated carbocycles. The van der Waals surface area contributed by atoms with Gasteiger partial charge in [-0.3, -0.25) is 5.41 Å². The predicted molar refractivity (Wildman–Crippen MR) is 125 cm³/mol. The van der Waals surface area contributed by atoms with Gasteiger partial charge in [0.15, 0.2) is 0 Å². The normalized spacial score (nSPS) is 11.5. The molecule has 0 aliphatic heterocycles. The maximum absolute atomic E-state index is 8.74. The van der Waals surface area contributed by atoms with Gasteiger partial charge in [0.2, 0.25) is 5.62 Å². The molecule has 0 aliphatic rings. The fourth-order valence-corrected chi connectivity index (χ4v) is 4.20. The minimum Gasteiger partial charge on any atom is -0.492 e. The average Bonchev–Trinajstić information content (AvgIpc) is 3.01. The summed E-state index contributed by atoms with van der Waals surface area (Å²) in [6.07, 6.45) is 1.81. The Balaban J connectivity index is 1.66. The van der Waals surface area contributed by atoms with Crippen molar-refractivity contribution in [1.29, 1.82) is 5.41 Å². The van der Waals surface area contributed by atoms with E-state index in [1.54, 1.807) is 18.2 Å². The topological polar surface area (TPSA) is 46.2 Å². The summed E-state index contributed by atoms with van der Waals surface area (Å²) in [5, 5.41) is 9.85. The number of rotatable bonds is 11. The standard InChI is InChI=1S/C23H30Cl2N4O/c1-3-27(4-2)13-7-14-28-20-9-5-6-10-21(20)29(23(28)26)15-8-16-30-22-12-11-18(24)17-19(22)25/h5-6,9-12,17,26H,3-4,7-8,13-16H2,1-2H3. The van der Waals surface area contributed by atoms with Crippen LogP contribution < -0.4 is 10.4 Å². The van der Waals surface area contributed by atoms with Gasteiger partial charge in [0.05, 0.1) is 22.7 Å². The maximum Gasteiger partial charge on any atom is 0.202 e. The molecule has 0 radical (unpaired) electrons. The number of aryl methyl sites for hydroxylation is 2. The number of nitrogens with zero attached hydrogens (tertiary/aromatic N) is 3. The third-order valence-electron chi connectivity index (χ3n) is 5.40. The first-order valence-corrected chi connectivity index (χ1v) is 11.3. The van der Waals surface area contributed by atoms with Crippen LogP contribution in [0.5, 0.6) is 5.75 Å². The molecule has 0 saturated heterocycles. The van der Waals surface area contributed by atoms with Crippen molar-refractivity contribution in [3.63, 3.8) is 0 Å². The Kier molecular flexibility index (Phi) is 8.25. The molecule has 0 fully saturated rings. The molecular weight excluding hydrogens is 419 g/mol. The third-order valence-corrected chi connectivity index (χ3v) is 5.93. The van der Waals surface area contributed by atoms with Crippen LogP contribution in [0.15, 0.2) is 42.5 Å². The number of benzene rings is 2. The molecule has 162 valence electrons. The van der Waals surface area contributed by atoms with Crippen molar-refractivity contribution in [3.8, 4) is 5.75 Å². The lowest BCUT2D eigenvalue weighted by Gasteiger charge is -2.17. The highest BCUT2D eigenvalue weighted by molar-refractivity contribution is 6.35. The van der Waals surface area contributed by atoms with Gasteiger partial charge in [0.25, 0.3) is 0 Å². The van der Waals surface area contributed by atoms with Crippen LogP contribution in [0.4, 0.5) is 0 Å². The van der Waals surface area contributed by atoms with Crippen molar-refractivity contribution in [2.24, 2.45) is 0 Å². The summed E-state index contributed by atoms with van der Waals surface area (Å²) < 4.78 is 10.0. The fourth-order valence-electron chi connectivity index (χ4n) is 3.74. The van der Waals surface area contributed by atoms with Crippen LogP contribution in [-0.2, 0) is 13.1 Å². The lowest BCUT2D eigenvalue weighted by molar-refractivity contribution is 0.291. The van der Waals surface area contributed by atoms with Crippen LogP contribution in [0.2, 0.25) is 10.0 Å². The van der Waals surface area contributed by atoms with Crippen molar-refractivity contribution in [2.75, 3.05) is 26.2 Å². The molecule has 1 aromatic heterocycles. The van der Waals surface area contributed by atoms with Crippen molar-refractivity contribution in [3.05, 3.63) is 58.1 Å². The number of aromatic nitrogens is 2. The number of nitrogens with one attached hydrogen (secondary N) is 1. The summed E-state index contributed by atoms with van der Waals surface area (Å²) in [4.78, 5) is 2.42. The molecule has 0 unspecified atom stereocenters. The highest BCUT2D eigenvalue weighted by Gasteiger charge is 2.11. The number of fused-ring (bicyclic) bond motifs is 1. The summed E-state index contributed by atoms with van der Waals surface area (Å²) in [6.45, 7) is 9.65.